The minimum Gasteiger partial charge on any atom is -0.383 e. The fourth-order valence-electron chi connectivity index (χ4n) is 4.24. The molecule has 0 aliphatic heterocycles. The molecule has 3 atom stereocenters. The van der Waals surface area contributed by atoms with E-state index < -0.39 is 0 Å². The van der Waals surface area contributed by atoms with Crippen molar-refractivity contribution in [1.82, 2.24) is 25.9 Å². The molecule has 10 nitrogen and oxygen atoms in total. The summed E-state index contributed by atoms with van der Waals surface area (Å²) in [5.41, 5.74) is 1.74. The molecule has 0 saturated heterocycles. The third kappa shape index (κ3) is 4.95. The van der Waals surface area contributed by atoms with E-state index in [-0.39, 0.29) is 29.7 Å². The predicted molar refractivity (Wildman–Crippen MR) is 117 cm³/mol. The standard InChI is InChI=1S/C23H27N5O5/c1-13-19(14(2)32-27-13)22(30)25-18-12-16(21(29)24-9-10-31-3)11-17(18)23-26-20(28-33-23)15-7-5-4-6-8-15/h4-8,16-18H,9-12H2,1-3H3,(H,24,29)(H,25,30)/t16-,17-,18+/m1/s1. The second kappa shape index (κ2) is 9.95. The first-order valence-corrected chi connectivity index (χ1v) is 10.9. The molecule has 0 spiro atoms. The van der Waals surface area contributed by atoms with Crippen molar-refractivity contribution in [1.29, 1.82) is 0 Å². The van der Waals surface area contributed by atoms with Crippen LogP contribution in [0.4, 0.5) is 0 Å². The summed E-state index contributed by atoms with van der Waals surface area (Å²) in [6.45, 7) is 4.26. The smallest absolute Gasteiger partial charge is 0.257 e. The van der Waals surface area contributed by atoms with Crippen LogP contribution in [0.2, 0.25) is 0 Å². The normalized spacial score (nSPS) is 20.0. The maximum Gasteiger partial charge on any atom is 0.257 e. The number of nitrogens with one attached hydrogen (secondary N) is 2. The van der Waals surface area contributed by atoms with Crippen LogP contribution in [-0.2, 0) is 9.53 Å². The van der Waals surface area contributed by atoms with Crippen LogP contribution in [0.15, 0.2) is 39.4 Å². The second-order valence-corrected chi connectivity index (χ2v) is 8.16. The molecule has 1 aliphatic rings. The highest BCUT2D eigenvalue weighted by Gasteiger charge is 2.42. The van der Waals surface area contributed by atoms with Crippen molar-refractivity contribution in [3.63, 3.8) is 0 Å². The molecular weight excluding hydrogens is 426 g/mol. The number of nitrogens with zero attached hydrogens (tertiary/aromatic N) is 3. The molecule has 2 N–H and O–H groups in total. The molecule has 4 rings (SSSR count). The largest absolute Gasteiger partial charge is 0.383 e. The van der Waals surface area contributed by atoms with Crippen LogP contribution in [0.5, 0.6) is 0 Å². The molecule has 2 aromatic heterocycles. The van der Waals surface area contributed by atoms with Gasteiger partial charge in [0.2, 0.25) is 17.6 Å². The van der Waals surface area contributed by atoms with Gasteiger partial charge in [-0.2, -0.15) is 4.98 Å². The number of amides is 2. The van der Waals surface area contributed by atoms with E-state index in [0.717, 1.165) is 5.56 Å². The second-order valence-electron chi connectivity index (χ2n) is 8.16. The lowest BCUT2D eigenvalue weighted by molar-refractivity contribution is -0.125. The van der Waals surface area contributed by atoms with Crippen LogP contribution in [-0.4, -0.2) is 53.4 Å². The molecule has 0 radical (unpaired) electrons. The molecular formula is C23H27N5O5. The van der Waals surface area contributed by atoms with Crippen LogP contribution in [0, 0.1) is 19.8 Å². The van der Waals surface area contributed by atoms with Crippen molar-refractivity contribution in [3.8, 4) is 11.4 Å². The summed E-state index contributed by atoms with van der Waals surface area (Å²) in [6.07, 6.45) is 0.920. The Labute approximate surface area is 191 Å². The highest BCUT2D eigenvalue weighted by Crippen LogP contribution is 2.39. The van der Waals surface area contributed by atoms with Crippen molar-refractivity contribution >= 4 is 11.8 Å². The number of aryl methyl sites for hydroxylation is 2. The summed E-state index contributed by atoms with van der Waals surface area (Å²) in [5, 5.41) is 13.9. The Bertz CT molecular complexity index is 1090. The van der Waals surface area contributed by atoms with Gasteiger partial charge >= 0.3 is 0 Å². The number of carbonyl (C=O) groups excluding carboxylic acids is 2. The topological polar surface area (TPSA) is 132 Å². The lowest BCUT2D eigenvalue weighted by atomic mass is 10.0. The minimum absolute atomic E-state index is 0.0889. The number of hydrogen-bond acceptors (Lipinski definition) is 8. The van der Waals surface area contributed by atoms with Crippen LogP contribution >= 0.6 is 0 Å². The lowest BCUT2D eigenvalue weighted by Crippen LogP contribution is -2.38. The van der Waals surface area contributed by atoms with E-state index in [0.29, 0.717) is 54.7 Å². The summed E-state index contributed by atoms with van der Waals surface area (Å²) in [6, 6.07) is 9.13. The summed E-state index contributed by atoms with van der Waals surface area (Å²) in [7, 11) is 1.58. The molecule has 10 heteroatoms. The Morgan fingerprint density at radius 2 is 1.91 bits per heavy atom. The van der Waals surface area contributed by atoms with Crippen LogP contribution < -0.4 is 10.6 Å². The molecule has 1 saturated carbocycles. The number of ether oxygens (including phenoxy) is 1. The molecule has 1 aliphatic carbocycles. The number of methoxy groups -OCH3 is 1. The first-order chi connectivity index (χ1) is 16.0. The van der Waals surface area contributed by atoms with E-state index in [1.54, 1.807) is 21.0 Å². The zero-order valence-electron chi connectivity index (χ0n) is 18.8. The monoisotopic (exact) mass is 453 g/mol. The Kier molecular flexibility index (Phi) is 6.83. The van der Waals surface area contributed by atoms with Gasteiger partial charge in [-0.3, -0.25) is 9.59 Å². The van der Waals surface area contributed by atoms with E-state index >= 15 is 0 Å². The van der Waals surface area contributed by atoms with Crippen LogP contribution in [0.1, 0.15) is 46.5 Å². The summed E-state index contributed by atoms with van der Waals surface area (Å²) in [5.74, 6) is 0.293. The summed E-state index contributed by atoms with van der Waals surface area (Å²) in [4.78, 5) is 30.3. The first-order valence-electron chi connectivity index (χ1n) is 10.9. The van der Waals surface area contributed by atoms with E-state index in [1.807, 2.05) is 30.3 Å². The zero-order valence-corrected chi connectivity index (χ0v) is 18.8. The van der Waals surface area contributed by atoms with Gasteiger partial charge in [0.05, 0.1) is 18.2 Å². The van der Waals surface area contributed by atoms with E-state index in [1.165, 1.54) is 0 Å². The van der Waals surface area contributed by atoms with Gasteiger partial charge in [-0.1, -0.05) is 40.6 Å². The maximum absolute atomic E-state index is 13.0. The molecule has 3 aromatic rings. The Balaban J connectivity index is 1.56. The molecule has 33 heavy (non-hydrogen) atoms. The van der Waals surface area contributed by atoms with Crippen LogP contribution in [0.3, 0.4) is 0 Å². The number of hydrogen-bond donors (Lipinski definition) is 2. The molecule has 1 aromatic carbocycles. The summed E-state index contributed by atoms with van der Waals surface area (Å²) < 4.78 is 15.7. The minimum atomic E-state index is -0.367. The van der Waals surface area contributed by atoms with Crippen molar-refractivity contribution in [2.24, 2.45) is 5.92 Å². The number of rotatable bonds is 8. The van der Waals surface area contributed by atoms with Crippen molar-refractivity contribution in [2.75, 3.05) is 20.3 Å². The van der Waals surface area contributed by atoms with Gasteiger partial charge in [0, 0.05) is 31.2 Å². The Morgan fingerprint density at radius 3 is 2.61 bits per heavy atom. The fourth-order valence-corrected chi connectivity index (χ4v) is 4.24. The molecule has 174 valence electrons. The Hall–Kier alpha value is -3.53. The first kappa shape index (κ1) is 22.7. The molecule has 1 fully saturated rings. The van der Waals surface area contributed by atoms with Gasteiger partial charge in [-0.25, -0.2) is 0 Å². The molecule has 2 heterocycles. The van der Waals surface area contributed by atoms with Gasteiger partial charge in [0.1, 0.15) is 11.3 Å². The number of aromatic nitrogens is 3. The average Bonchev–Trinajstić information content (AvgIpc) is 3.53. The fraction of sp³-hybridized carbons (Fsp3) is 0.435. The molecule has 2 amide bonds. The third-order valence-electron chi connectivity index (χ3n) is 5.91. The SMILES string of the molecule is COCCNC(=O)[C@H]1C[C@H](NC(=O)c2c(C)noc2C)[C@H](c2nc(-c3ccccc3)no2)C1. The van der Waals surface area contributed by atoms with Crippen molar-refractivity contribution in [3.05, 3.63) is 53.2 Å². The highest BCUT2D eigenvalue weighted by molar-refractivity contribution is 5.96. The zero-order chi connectivity index (χ0) is 23.4. The Morgan fingerprint density at radius 1 is 1.12 bits per heavy atom. The number of benzene rings is 1. The van der Waals surface area contributed by atoms with Gasteiger partial charge in [0.25, 0.3) is 5.91 Å². The van der Waals surface area contributed by atoms with Crippen LogP contribution in [0.25, 0.3) is 11.4 Å². The van der Waals surface area contributed by atoms with Gasteiger partial charge in [-0.15, -0.1) is 0 Å². The van der Waals surface area contributed by atoms with Gasteiger partial charge in [-0.05, 0) is 26.7 Å². The number of carbonyl (C=O) groups is 2. The van der Waals surface area contributed by atoms with Crippen molar-refractivity contribution < 1.29 is 23.4 Å². The van der Waals surface area contributed by atoms with E-state index in [4.69, 9.17) is 13.8 Å². The molecule has 0 bridgehead atoms. The highest BCUT2D eigenvalue weighted by atomic mass is 16.5. The predicted octanol–water partition coefficient (Wildman–Crippen LogP) is 2.40. The third-order valence-corrected chi connectivity index (χ3v) is 5.91. The summed E-state index contributed by atoms with van der Waals surface area (Å²) >= 11 is 0. The molecule has 0 unspecified atom stereocenters. The van der Waals surface area contributed by atoms with Gasteiger partial charge in [0.15, 0.2) is 0 Å². The van der Waals surface area contributed by atoms with Crippen molar-refractivity contribution in [2.45, 2.75) is 38.6 Å². The van der Waals surface area contributed by atoms with E-state index in [2.05, 4.69) is 25.9 Å². The van der Waals surface area contributed by atoms with E-state index in [9.17, 15) is 9.59 Å². The van der Waals surface area contributed by atoms with Gasteiger partial charge < -0.3 is 24.4 Å². The maximum atomic E-state index is 13.0. The lowest BCUT2D eigenvalue weighted by Gasteiger charge is -2.17. The quantitative estimate of drug-likeness (QED) is 0.497. The average molecular weight is 453 g/mol.